The normalized spacial score (nSPS) is 15.8. The van der Waals surface area contributed by atoms with Crippen LogP contribution in [0.3, 0.4) is 0 Å². The van der Waals surface area contributed by atoms with E-state index in [4.69, 9.17) is 59.2 Å². The van der Waals surface area contributed by atoms with Gasteiger partial charge in [0.1, 0.15) is 18.3 Å². The number of rotatable bonds is 6. The van der Waals surface area contributed by atoms with Crippen molar-refractivity contribution in [2.24, 2.45) is 0 Å². The Morgan fingerprint density at radius 2 is 1.12 bits per heavy atom. The molecular weight excluding hydrogens is 409 g/mol. The van der Waals surface area contributed by atoms with Crippen molar-refractivity contribution in [1.82, 2.24) is 0 Å². The van der Waals surface area contributed by atoms with Gasteiger partial charge in [-0.3, -0.25) is 0 Å². The van der Waals surface area contributed by atoms with E-state index in [2.05, 4.69) is 4.31 Å². The molecule has 0 aromatic carbocycles. The average molecular weight is 426 g/mol. The number of hydrogen-bond donors (Lipinski definition) is 11. The fraction of sp³-hybridized carbons (Fsp3) is 0.800. The van der Waals surface area contributed by atoms with Gasteiger partial charge in [-0.25, -0.2) is 13.7 Å². The van der Waals surface area contributed by atoms with Crippen LogP contribution in [0.25, 0.3) is 0 Å². The Bertz CT molecular complexity index is 444. The molecule has 0 aromatic rings. The minimum Gasteiger partial charge on any atom is -0.394 e. The van der Waals surface area contributed by atoms with Crippen molar-refractivity contribution >= 4 is 29.8 Å². The molecule has 0 rings (SSSR count). The standard InChI is InChI=1S/C5H10O5.H4O7P2.H3O4P/c6-1-3(8)5(10)4(9)2-7;1-8(2,3)7-9(4,5)6;1-5(2,3)4/h1,3-5,7-10H,2H2;(H2,1,2,3)(H2,4,5,6);(H3,1,2,3,4). The van der Waals surface area contributed by atoms with Crippen LogP contribution >= 0.6 is 23.5 Å². The Kier molecular flexibility index (Phi) is 14.7. The summed E-state index contributed by atoms with van der Waals surface area (Å²) < 4.78 is 31.1. The number of aliphatic hydroxyl groups excluding tert-OH is 4. The molecule has 0 saturated carbocycles. The van der Waals surface area contributed by atoms with Gasteiger partial charge in [0.15, 0.2) is 6.29 Å². The van der Waals surface area contributed by atoms with E-state index in [-0.39, 0.29) is 6.29 Å². The molecule has 0 heterocycles. The fourth-order valence-electron chi connectivity index (χ4n) is 0.555. The van der Waals surface area contributed by atoms with Crippen LogP contribution in [0.15, 0.2) is 0 Å². The lowest BCUT2D eigenvalue weighted by atomic mass is 10.1. The van der Waals surface area contributed by atoms with E-state index >= 15 is 0 Å². The second-order valence-electron chi connectivity index (χ2n) is 3.44. The van der Waals surface area contributed by atoms with E-state index in [1.807, 2.05) is 0 Å². The fourth-order valence-corrected chi connectivity index (χ4v) is 1.66. The molecular formula is C5H17O16P3. The predicted molar refractivity (Wildman–Crippen MR) is 70.6 cm³/mol. The van der Waals surface area contributed by atoms with Crippen LogP contribution in [0.2, 0.25) is 0 Å². The molecule has 0 fully saturated rings. The molecule has 0 aromatic heterocycles. The molecule has 0 aliphatic heterocycles. The van der Waals surface area contributed by atoms with Crippen LogP contribution in [0.4, 0.5) is 0 Å². The molecule has 19 heteroatoms. The number of aliphatic hydroxyl groups is 4. The quantitative estimate of drug-likeness (QED) is 0.141. The van der Waals surface area contributed by atoms with Gasteiger partial charge >= 0.3 is 23.5 Å². The molecule has 0 radical (unpaired) electrons. The van der Waals surface area contributed by atoms with Crippen LogP contribution in [0.5, 0.6) is 0 Å². The Hall–Kier alpha value is -0.120. The summed E-state index contributed by atoms with van der Waals surface area (Å²) in [7, 11) is -14.7. The van der Waals surface area contributed by atoms with E-state index in [1.54, 1.807) is 0 Å². The molecule has 0 amide bonds. The van der Waals surface area contributed by atoms with Gasteiger partial charge in [0.2, 0.25) is 0 Å². The Morgan fingerprint density at radius 3 is 1.25 bits per heavy atom. The minimum absolute atomic E-state index is 0.0869. The average Bonchev–Trinajstić information content (AvgIpc) is 2.30. The summed E-state index contributed by atoms with van der Waals surface area (Å²) in [6, 6.07) is 0. The zero-order valence-electron chi connectivity index (χ0n) is 11.3. The third-order valence-corrected chi connectivity index (χ3v) is 2.99. The number of carbonyl (C=O) groups excluding carboxylic acids is 1. The van der Waals surface area contributed by atoms with Crippen molar-refractivity contribution in [3.05, 3.63) is 0 Å². The van der Waals surface area contributed by atoms with Crippen LogP contribution in [0, 0.1) is 0 Å². The SMILES string of the molecule is O=CC(O)C(O)C(O)CO.O=P(O)(O)O.O=P(O)(O)OP(=O)(O)O. The monoisotopic (exact) mass is 426 g/mol. The smallest absolute Gasteiger partial charge is 0.394 e. The third kappa shape index (κ3) is 29.8. The third-order valence-electron chi connectivity index (χ3n) is 1.28. The summed E-state index contributed by atoms with van der Waals surface area (Å²) in [5.41, 5.74) is 0. The summed E-state index contributed by atoms with van der Waals surface area (Å²) >= 11 is 0. The summed E-state index contributed by atoms with van der Waals surface area (Å²) in [5, 5.41) is 34.1. The van der Waals surface area contributed by atoms with Gasteiger partial charge < -0.3 is 59.5 Å². The summed E-state index contributed by atoms with van der Waals surface area (Å²) in [6.45, 7) is -0.688. The van der Waals surface area contributed by atoms with Gasteiger partial charge in [0, 0.05) is 0 Å². The van der Waals surface area contributed by atoms with Gasteiger partial charge in [0.05, 0.1) is 6.61 Å². The van der Waals surface area contributed by atoms with Crippen LogP contribution < -0.4 is 0 Å². The number of carbonyl (C=O) groups is 1. The van der Waals surface area contributed by atoms with Crippen LogP contribution in [-0.2, 0) is 22.8 Å². The maximum atomic E-state index is 9.76. The first-order chi connectivity index (χ1) is 10.3. The Labute approximate surface area is 133 Å². The van der Waals surface area contributed by atoms with E-state index in [0.29, 0.717) is 0 Å². The van der Waals surface area contributed by atoms with Crippen molar-refractivity contribution in [2.75, 3.05) is 6.61 Å². The van der Waals surface area contributed by atoms with Crippen LogP contribution in [-0.4, -0.2) is 85.9 Å². The number of phosphoric acid groups is 3. The molecule has 24 heavy (non-hydrogen) atoms. The van der Waals surface area contributed by atoms with E-state index in [1.165, 1.54) is 0 Å². The zero-order chi connectivity index (χ0) is 20.4. The van der Waals surface area contributed by atoms with Crippen LogP contribution in [0.1, 0.15) is 0 Å². The van der Waals surface area contributed by atoms with E-state index in [9.17, 15) is 13.9 Å². The molecule has 148 valence electrons. The molecule has 0 saturated heterocycles. The van der Waals surface area contributed by atoms with Crippen molar-refractivity contribution in [1.29, 1.82) is 0 Å². The minimum atomic E-state index is -5.05. The predicted octanol–water partition coefficient (Wildman–Crippen LogP) is -4.48. The second-order valence-corrected chi connectivity index (χ2v) is 7.09. The highest BCUT2D eigenvalue weighted by Crippen LogP contribution is 2.53. The van der Waals surface area contributed by atoms with Crippen molar-refractivity contribution in [2.45, 2.75) is 18.3 Å². The van der Waals surface area contributed by atoms with Crippen molar-refractivity contribution in [3.63, 3.8) is 0 Å². The first-order valence-electron chi connectivity index (χ1n) is 5.05. The molecule has 3 atom stereocenters. The number of aldehydes is 1. The van der Waals surface area contributed by atoms with E-state index in [0.717, 1.165) is 0 Å². The zero-order valence-corrected chi connectivity index (χ0v) is 14.0. The summed E-state index contributed by atoms with van der Waals surface area (Å²) in [6.07, 6.45) is -4.63. The largest absolute Gasteiger partial charge is 0.478 e. The molecule has 0 aliphatic rings. The Balaban J connectivity index is -0.000000291. The summed E-state index contributed by atoms with van der Waals surface area (Å²) in [5.74, 6) is 0. The lowest BCUT2D eigenvalue weighted by molar-refractivity contribution is -0.127. The maximum absolute atomic E-state index is 9.76. The van der Waals surface area contributed by atoms with Gasteiger partial charge in [0.25, 0.3) is 0 Å². The van der Waals surface area contributed by atoms with E-state index < -0.39 is 48.4 Å². The van der Waals surface area contributed by atoms with Gasteiger partial charge in [-0.1, -0.05) is 0 Å². The molecule has 16 nitrogen and oxygen atoms in total. The molecule has 0 bridgehead atoms. The molecule has 11 N–H and O–H groups in total. The van der Waals surface area contributed by atoms with Crippen molar-refractivity contribution in [3.8, 4) is 0 Å². The lowest BCUT2D eigenvalue weighted by Crippen LogP contribution is -2.40. The first kappa shape index (κ1) is 28.7. The lowest BCUT2D eigenvalue weighted by Gasteiger charge is -2.16. The highest BCUT2D eigenvalue weighted by molar-refractivity contribution is 7.60. The van der Waals surface area contributed by atoms with Gasteiger partial charge in [-0.05, 0) is 0 Å². The Morgan fingerprint density at radius 1 is 0.833 bits per heavy atom. The summed E-state index contributed by atoms with van der Waals surface area (Å²) in [4.78, 5) is 62.3. The highest BCUT2D eigenvalue weighted by atomic mass is 31.3. The molecule has 3 unspecified atom stereocenters. The van der Waals surface area contributed by atoms with Crippen molar-refractivity contribution < 1.29 is 77.5 Å². The molecule has 0 aliphatic carbocycles. The number of hydrogen-bond acceptors (Lipinski definition) is 9. The maximum Gasteiger partial charge on any atom is 0.478 e. The first-order valence-corrected chi connectivity index (χ1v) is 9.67. The second kappa shape index (κ2) is 12.3. The molecule has 0 spiro atoms. The van der Waals surface area contributed by atoms with Gasteiger partial charge in [-0.2, -0.15) is 4.31 Å². The topological polar surface area (TPSA) is 300 Å². The van der Waals surface area contributed by atoms with Gasteiger partial charge in [-0.15, -0.1) is 0 Å². The highest BCUT2D eigenvalue weighted by Gasteiger charge is 2.28.